The molecule has 0 heterocycles. The minimum absolute atomic E-state index is 0.387. The predicted molar refractivity (Wildman–Crippen MR) is 47.1 cm³/mol. The maximum absolute atomic E-state index is 12.3. The fraction of sp³-hybridized carbons (Fsp3) is 0.333. The molecule has 1 saturated carbocycles. The van der Waals surface area contributed by atoms with Crippen molar-refractivity contribution in [2.45, 2.75) is 18.8 Å². The van der Waals surface area contributed by atoms with Crippen molar-refractivity contribution in [3.63, 3.8) is 0 Å². The van der Waals surface area contributed by atoms with Crippen LogP contribution in [0.25, 0.3) is 0 Å². The number of benzene rings is 1. The van der Waals surface area contributed by atoms with Crippen LogP contribution in [-0.2, 0) is 0 Å². The minimum Gasteiger partial charge on any atom is -0.445 e. The Balaban J connectivity index is 2.32. The second-order valence-corrected chi connectivity index (χ2v) is 3.52. The van der Waals surface area contributed by atoms with Crippen molar-refractivity contribution in [2.24, 2.45) is 0 Å². The second-order valence-electron chi connectivity index (χ2n) is 3.52. The first-order valence-corrected chi connectivity index (χ1v) is 4.37. The highest BCUT2D eigenvalue weighted by molar-refractivity contribution is 6.73. The van der Waals surface area contributed by atoms with Gasteiger partial charge in [0.25, 0.3) is 0 Å². The zero-order valence-corrected chi connectivity index (χ0v) is 7.01. The summed E-state index contributed by atoms with van der Waals surface area (Å²) < 4.78 is 36.9. The molecule has 4 heteroatoms. The Morgan fingerprint density at radius 2 is 1.85 bits per heavy atom. The molecule has 0 nitrogen and oxygen atoms in total. The first kappa shape index (κ1) is 8.66. The van der Waals surface area contributed by atoms with E-state index < -0.39 is 12.4 Å². The molecule has 70 valence electrons. The fourth-order valence-electron chi connectivity index (χ4n) is 1.43. The van der Waals surface area contributed by atoms with Gasteiger partial charge < -0.3 is 12.9 Å². The molecule has 0 amide bonds. The third-order valence-corrected chi connectivity index (χ3v) is 2.34. The summed E-state index contributed by atoms with van der Waals surface area (Å²) in [6, 6.07) is 5.71. The minimum atomic E-state index is -4.82. The van der Waals surface area contributed by atoms with Gasteiger partial charge >= 0.3 is 6.98 Å². The molecule has 0 aromatic heterocycles. The molecule has 1 fully saturated rings. The van der Waals surface area contributed by atoms with Crippen LogP contribution in [0.2, 0.25) is 0 Å². The first-order chi connectivity index (χ1) is 6.07. The second kappa shape index (κ2) is 2.79. The van der Waals surface area contributed by atoms with E-state index in [9.17, 15) is 12.9 Å². The lowest BCUT2D eigenvalue weighted by Crippen LogP contribution is -2.33. The van der Waals surface area contributed by atoms with E-state index in [-0.39, 0.29) is 0 Å². The Morgan fingerprint density at radius 3 is 2.38 bits per heavy atom. The number of hydrogen-bond acceptors (Lipinski definition) is 0. The van der Waals surface area contributed by atoms with Crippen LogP contribution >= 0.6 is 0 Å². The molecule has 1 aliphatic rings. The van der Waals surface area contributed by atoms with Crippen LogP contribution in [0, 0.1) is 0 Å². The molecular formula is C9H9BF3-. The van der Waals surface area contributed by atoms with Crippen LogP contribution in [0.1, 0.15) is 24.3 Å². The van der Waals surface area contributed by atoms with Crippen molar-refractivity contribution in [1.29, 1.82) is 0 Å². The Bertz CT molecular complexity index is 315. The maximum Gasteiger partial charge on any atom is 0.509 e. The lowest BCUT2D eigenvalue weighted by molar-refractivity contribution is 0.501. The molecule has 1 aromatic rings. The SMILES string of the molecule is F[B-](F)(F)c1cccc(C2CC2)c1. The highest BCUT2D eigenvalue weighted by atomic mass is 19.4. The average Bonchev–Trinajstić information content (AvgIpc) is 2.85. The molecule has 1 aromatic carbocycles. The smallest absolute Gasteiger partial charge is 0.445 e. The topological polar surface area (TPSA) is 0 Å². The number of rotatable bonds is 2. The van der Waals surface area contributed by atoms with Gasteiger partial charge in [-0.3, -0.25) is 0 Å². The van der Waals surface area contributed by atoms with Crippen LogP contribution in [-0.4, -0.2) is 6.98 Å². The van der Waals surface area contributed by atoms with Gasteiger partial charge in [-0.05, 0) is 24.3 Å². The third kappa shape index (κ3) is 1.87. The van der Waals surface area contributed by atoms with E-state index in [2.05, 4.69) is 0 Å². The van der Waals surface area contributed by atoms with E-state index in [0.717, 1.165) is 24.5 Å². The van der Waals surface area contributed by atoms with Gasteiger partial charge in [0.15, 0.2) is 0 Å². The molecule has 2 rings (SSSR count). The molecule has 1 aliphatic carbocycles. The fourth-order valence-corrected chi connectivity index (χ4v) is 1.43. The van der Waals surface area contributed by atoms with Gasteiger partial charge in [0.05, 0.1) is 0 Å². The average molecular weight is 185 g/mol. The Kier molecular flexibility index (Phi) is 1.86. The van der Waals surface area contributed by atoms with Gasteiger partial charge in [-0.25, -0.2) is 0 Å². The van der Waals surface area contributed by atoms with E-state index in [1.54, 1.807) is 6.07 Å². The molecule has 13 heavy (non-hydrogen) atoms. The van der Waals surface area contributed by atoms with Gasteiger partial charge in [0.2, 0.25) is 0 Å². The van der Waals surface area contributed by atoms with E-state index in [1.807, 2.05) is 0 Å². The highest BCUT2D eigenvalue weighted by Gasteiger charge is 2.28. The van der Waals surface area contributed by atoms with Crippen molar-refractivity contribution in [3.05, 3.63) is 29.8 Å². The van der Waals surface area contributed by atoms with Crippen LogP contribution in [0.5, 0.6) is 0 Å². The standard InChI is InChI=1S/C9H9BF3/c11-10(12,13)9-3-1-2-8(6-9)7-4-5-7/h1-3,6-7H,4-5H2/q-1. The lowest BCUT2D eigenvalue weighted by Gasteiger charge is -2.15. The summed E-state index contributed by atoms with van der Waals surface area (Å²) in [6.45, 7) is -4.82. The van der Waals surface area contributed by atoms with Crippen molar-refractivity contribution in [1.82, 2.24) is 0 Å². The zero-order valence-electron chi connectivity index (χ0n) is 7.01. The summed E-state index contributed by atoms with van der Waals surface area (Å²) in [4.78, 5) is 0. The maximum atomic E-state index is 12.3. The normalized spacial score (nSPS) is 17.5. The van der Waals surface area contributed by atoms with Gasteiger partial charge in [0, 0.05) is 0 Å². The lowest BCUT2D eigenvalue weighted by atomic mass is 9.79. The molecule has 0 atom stereocenters. The monoisotopic (exact) mass is 185 g/mol. The van der Waals surface area contributed by atoms with Crippen molar-refractivity contribution >= 4 is 12.4 Å². The summed E-state index contributed by atoms with van der Waals surface area (Å²) in [5.74, 6) is 0.387. The molecular weight excluding hydrogens is 176 g/mol. The van der Waals surface area contributed by atoms with Gasteiger partial charge in [0.1, 0.15) is 0 Å². The first-order valence-electron chi connectivity index (χ1n) is 4.37. The molecule has 0 N–H and O–H groups in total. The largest absolute Gasteiger partial charge is 0.509 e. The van der Waals surface area contributed by atoms with Crippen molar-refractivity contribution < 1.29 is 12.9 Å². The number of halogens is 3. The number of hydrogen-bond donors (Lipinski definition) is 0. The summed E-state index contributed by atoms with van der Waals surface area (Å²) in [5, 5.41) is 0. The Hall–Kier alpha value is -0.925. The highest BCUT2D eigenvalue weighted by Crippen LogP contribution is 2.39. The van der Waals surface area contributed by atoms with Gasteiger partial charge in [-0.2, -0.15) is 0 Å². The predicted octanol–water partition coefficient (Wildman–Crippen LogP) is 2.62. The molecule has 0 bridgehead atoms. The van der Waals surface area contributed by atoms with Crippen LogP contribution < -0.4 is 5.46 Å². The summed E-state index contributed by atoms with van der Waals surface area (Å²) in [6.07, 6.45) is 2.07. The molecule has 0 aliphatic heterocycles. The van der Waals surface area contributed by atoms with E-state index in [1.165, 1.54) is 12.1 Å². The molecule has 0 saturated heterocycles. The van der Waals surface area contributed by atoms with E-state index in [0.29, 0.717) is 5.92 Å². The van der Waals surface area contributed by atoms with Gasteiger partial charge in [-0.1, -0.05) is 24.3 Å². The van der Waals surface area contributed by atoms with Gasteiger partial charge in [-0.15, -0.1) is 5.46 Å². The summed E-state index contributed by atoms with van der Waals surface area (Å²) >= 11 is 0. The molecule has 0 unspecified atom stereocenters. The third-order valence-electron chi connectivity index (χ3n) is 2.34. The summed E-state index contributed by atoms with van der Waals surface area (Å²) in [5.41, 5.74) is 0.376. The van der Waals surface area contributed by atoms with Crippen molar-refractivity contribution in [2.75, 3.05) is 0 Å². The molecule has 0 radical (unpaired) electrons. The van der Waals surface area contributed by atoms with Crippen LogP contribution in [0.3, 0.4) is 0 Å². The van der Waals surface area contributed by atoms with Crippen LogP contribution in [0.15, 0.2) is 24.3 Å². The zero-order chi connectivity index (χ0) is 9.47. The Labute approximate surface area is 74.8 Å². The van der Waals surface area contributed by atoms with Crippen LogP contribution in [0.4, 0.5) is 12.9 Å². The Morgan fingerprint density at radius 1 is 1.15 bits per heavy atom. The van der Waals surface area contributed by atoms with E-state index in [4.69, 9.17) is 0 Å². The van der Waals surface area contributed by atoms with Crippen molar-refractivity contribution in [3.8, 4) is 0 Å². The quantitative estimate of drug-likeness (QED) is 0.621. The molecule has 0 spiro atoms. The summed E-state index contributed by atoms with van der Waals surface area (Å²) in [7, 11) is 0. The van der Waals surface area contributed by atoms with E-state index >= 15 is 0 Å².